The largest absolute Gasteiger partial charge is 0.490 e. The van der Waals surface area contributed by atoms with Crippen LogP contribution in [0, 0.1) is 10.1 Å². The molecule has 1 amide bonds. The monoisotopic (exact) mass is 647 g/mol. The number of carbonyl (C=O) groups is 1. The van der Waals surface area contributed by atoms with Gasteiger partial charge in [0.1, 0.15) is 5.82 Å². The van der Waals surface area contributed by atoms with E-state index < -0.39 is 23.1 Å². The summed E-state index contributed by atoms with van der Waals surface area (Å²) in [5.41, 5.74) is 0.743. The van der Waals surface area contributed by atoms with Crippen LogP contribution >= 0.6 is 15.9 Å². The molecule has 222 valence electrons. The van der Waals surface area contributed by atoms with Crippen molar-refractivity contribution in [2.75, 3.05) is 18.5 Å². The van der Waals surface area contributed by atoms with Gasteiger partial charge in [-0.3, -0.25) is 19.7 Å². The standard InChI is InChI=1S/C31H30BrN5O6/c1-2-42-27-16-20(15-26(37(40)41)29(27)43-19-28(38)34-23-11-7-4-8-12-23)18-33-36-30(21-9-5-3-6-10-21)35-25-14-13-22(32)17-24(25)31(36)39/h4,7-8,11-18,21H,2-3,5-6,9-10,19H2,1H3,(H,34,38). The van der Waals surface area contributed by atoms with Gasteiger partial charge in [-0.25, -0.2) is 4.98 Å². The van der Waals surface area contributed by atoms with Crippen LogP contribution in [0.2, 0.25) is 0 Å². The first-order valence-electron chi connectivity index (χ1n) is 14.0. The zero-order valence-corrected chi connectivity index (χ0v) is 25.1. The smallest absolute Gasteiger partial charge is 0.315 e. The van der Waals surface area contributed by atoms with E-state index in [1.807, 2.05) is 12.1 Å². The van der Waals surface area contributed by atoms with Gasteiger partial charge in [-0.2, -0.15) is 9.78 Å². The van der Waals surface area contributed by atoms with Crippen molar-refractivity contribution in [3.63, 3.8) is 0 Å². The number of aromatic nitrogens is 2. The Balaban J connectivity index is 1.50. The van der Waals surface area contributed by atoms with E-state index in [-0.39, 0.29) is 29.6 Å². The molecule has 1 aliphatic rings. The first-order valence-corrected chi connectivity index (χ1v) is 14.8. The molecule has 0 saturated heterocycles. The van der Waals surface area contributed by atoms with Crippen molar-refractivity contribution >= 4 is 50.3 Å². The maximum absolute atomic E-state index is 13.6. The molecule has 1 fully saturated rings. The molecule has 5 rings (SSSR count). The number of nitro benzene ring substituents is 1. The number of ether oxygens (including phenoxy) is 2. The zero-order chi connectivity index (χ0) is 30.3. The number of nitrogens with one attached hydrogen (secondary N) is 1. The van der Waals surface area contributed by atoms with Gasteiger partial charge in [0.25, 0.3) is 11.5 Å². The quantitative estimate of drug-likeness (QED) is 0.119. The number of anilines is 1. The number of hydrogen-bond acceptors (Lipinski definition) is 8. The van der Waals surface area contributed by atoms with Crippen LogP contribution in [-0.4, -0.2) is 39.9 Å². The third kappa shape index (κ3) is 7.08. The number of rotatable bonds is 10. The summed E-state index contributed by atoms with van der Waals surface area (Å²) < 4.78 is 13.3. The lowest BCUT2D eigenvalue weighted by Gasteiger charge is -2.22. The molecular weight excluding hydrogens is 618 g/mol. The van der Waals surface area contributed by atoms with Gasteiger partial charge in [-0.1, -0.05) is 53.4 Å². The molecule has 0 unspecified atom stereocenters. The second-order valence-corrected chi connectivity index (χ2v) is 11.0. The molecule has 43 heavy (non-hydrogen) atoms. The van der Waals surface area contributed by atoms with Crippen LogP contribution in [0.5, 0.6) is 11.5 Å². The Labute approximate surface area is 255 Å². The van der Waals surface area contributed by atoms with E-state index in [0.29, 0.717) is 28.0 Å². The lowest BCUT2D eigenvalue weighted by Crippen LogP contribution is -2.25. The fourth-order valence-electron chi connectivity index (χ4n) is 5.11. The Bertz CT molecular complexity index is 1730. The van der Waals surface area contributed by atoms with Gasteiger partial charge in [0.05, 0.1) is 28.6 Å². The highest BCUT2D eigenvalue weighted by molar-refractivity contribution is 9.10. The van der Waals surface area contributed by atoms with Gasteiger partial charge in [0, 0.05) is 27.7 Å². The minimum Gasteiger partial charge on any atom is -0.490 e. The Kier molecular flexibility index (Phi) is 9.45. The SMILES string of the molecule is CCOc1cc(C=Nn2c(C3CCCCC3)nc3ccc(Br)cc3c2=O)cc([N+](=O)[O-])c1OCC(=O)Nc1ccccc1. The maximum Gasteiger partial charge on any atom is 0.315 e. The molecule has 0 radical (unpaired) electrons. The Hall–Kier alpha value is -4.58. The topological polar surface area (TPSA) is 138 Å². The molecule has 11 nitrogen and oxygen atoms in total. The molecule has 4 aromatic rings. The number of fused-ring (bicyclic) bond motifs is 1. The van der Waals surface area contributed by atoms with E-state index in [2.05, 4.69) is 26.3 Å². The molecular formula is C31H30BrN5O6. The molecule has 12 heteroatoms. The number of para-hydroxylation sites is 1. The van der Waals surface area contributed by atoms with Gasteiger partial charge >= 0.3 is 5.69 Å². The predicted octanol–water partition coefficient (Wildman–Crippen LogP) is 6.41. The van der Waals surface area contributed by atoms with Crippen LogP contribution in [0.3, 0.4) is 0 Å². The summed E-state index contributed by atoms with van der Waals surface area (Å²) in [6.45, 7) is 1.45. The number of hydrogen-bond donors (Lipinski definition) is 1. The summed E-state index contributed by atoms with van der Waals surface area (Å²) in [5, 5.41) is 19.7. The highest BCUT2D eigenvalue weighted by Gasteiger charge is 2.25. The van der Waals surface area contributed by atoms with E-state index in [1.165, 1.54) is 23.0 Å². The van der Waals surface area contributed by atoms with Crippen LogP contribution < -0.4 is 20.3 Å². The molecule has 1 heterocycles. The summed E-state index contributed by atoms with van der Waals surface area (Å²) in [4.78, 5) is 42.4. The van der Waals surface area contributed by atoms with Crippen molar-refractivity contribution in [1.29, 1.82) is 0 Å². The fourth-order valence-corrected chi connectivity index (χ4v) is 5.47. The number of amides is 1. The van der Waals surface area contributed by atoms with Crippen LogP contribution in [0.1, 0.15) is 56.3 Å². The highest BCUT2D eigenvalue weighted by Crippen LogP contribution is 2.38. The van der Waals surface area contributed by atoms with Gasteiger partial charge in [0.2, 0.25) is 5.75 Å². The van der Waals surface area contributed by atoms with Crippen molar-refractivity contribution in [2.24, 2.45) is 5.10 Å². The Morgan fingerprint density at radius 3 is 2.63 bits per heavy atom. The average Bonchev–Trinajstić information content (AvgIpc) is 3.01. The number of halogens is 1. The average molecular weight is 649 g/mol. The van der Waals surface area contributed by atoms with Gasteiger partial charge in [-0.05, 0) is 56.2 Å². The molecule has 1 saturated carbocycles. The summed E-state index contributed by atoms with van der Waals surface area (Å²) >= 11 is 3.42. The van der Waals surface area contributed by atoms with E-state index in [1.54, 1.807) is 43.3 Å². The summed E-state index contributed by atoms with van der Waals surface area (Å²) in [6.07, 6.45) is 6.38. The highest BCUT2D eigenvalue weighted by atomic mass is 79.9. The van der Waals surface area contributed by atoms with Gasteiger partial charge in [0.15, 0.2) is 12.4 Å². The Morgan fingerprint density at radius 1 is 1.14 bits per heavy atom. The first-order chi connectivity index (χ1) is 20.8. The normalized spacial score (nSPS) is 13.7. The molecule has 0 atom stereocenters. The Morgan fingerprint density at radius 2 is 1.91 bits per heavy atom. The number of nitro groups is 1. The van der Waals surface area contributed by atoms with E-state index >= 15 is 0 Å². The molecule has 0 spiro atoms. The van der Waals surface area contributed by atoms with E-state index in [9.17, 15) is 19.7 Å². The summed E-state index contributed by atoms with van der Waals surface area (Å²) in [5.74, 6) is 0.0479. The van der Waals surface area contributed by atoms with Crippen LogP contribution in [0.4, 0.5) is 11.4 Å². The third-order valence-corrected chi connectivity index (χ3v) is 7.58. The number of nitrogens with zero attached hydrogens (tertiary/aromatic N) is 4. The lowest BCUT2D eigenvalue weighted by atomic mass is 9.88. The van der Waals surface area contributed by atoms with Crippen molar-refractivity contribution < 1.29 is 19.2 Å². The van der Waals surface area contributed by atoms with E-state index in [4.69, 9.17) is 14.5 Å². The van der Waals surface area contributed by atoms with Crippen molar-refractivity contribution in [1.82, 2.24) is 9.66 Å². The lowest BCUT2D eigenvalue weighted by molar-refractivity contribution is -0.385. The van der Waals surface area contributed by atoms with E-state index in [0.717, 1.165) is 36.6 Å². The second kappa shape index (κ2) is 13.6. The maximum atomic E-state index is 13.6. The number of carbonyl (C=O) groups excluding carboxylic acids is 1. The third-order valence-electron chi connectivity index (χ3n) is 7.09. The summed E-state index contributed by atoms with van der Waals surface area (Å²) in [7, 11) is 0. The van der Waals surface area contributed by atoms with Crippen LogP contribution in [-0.2, 0) is 4.79 Å². The molecule has 1 aromatic heterocycles. The molecule has 1 N–H and O–H groups in total. The van der Waals surface area contributed by atoms with Crippen molar-refractivity contribution in [3.05, 3.63) is 97.0 Å². The summed E-state index contributed by atoms with van der Waals surface area (Å²) in [6, 6.07) is 16.9. The van der Waals surface area contributed by atoms with Gasteiger partial charge < -0.3 is 14.8 Å². The van der Waals surface area contributed by atoms with Crippen molar-refractivity contribution in [2.45, 2.75) is 44.9 Å². The molecule has 1 aliphatic carbocycles. The minimum atomic E-state index is -0.612. The van der Waals surface area contributed by atoms with Crippen LogP contribution in [0.25, 0.3) is 10.9 Å². The predicted molar refractivity (Wildman–Crippen MR) is 167 cm³/mol. The zero-order valence-electron chi connectivity index (χ0n) is 23.5. The molecule has 0 bridgehead atoms. The molecule has 3 aromatic carbocycles. The van der Waals surface area contributed by atoms with Crippen molar-refractivity contribution in [3.8, 4) is 11.5 Å². The second-order valence-electron chi connectivity index (χ2n) is 10.1. The van der Waals surface area contributed by atoms with Gasteiger partial charge in [-0.15, -0.1) is 0 Å². The molecule has 0 aliphatic heterocycles. The first kappa shape index (κ1) is 29.9. The fraction of sp³-hybridized carbons (Fsp3) is 0.290. The minimum absolute atomic E-state index is 0.0674. The van der Waals surface area contributed by atoms with Crippen LogP contribution in [0.15, 0.2) is 75.0 Å². The number of benzene rings is 3.